The van der Waals surface area contributed by atoms with Gasteiger partial charge in [0.2, 0.25) is 0 Å². The molecule has 23 heavy (non-hydrogen) atoms. The molecular weight excluding hydrogens is 326 g/mol. The summed E-state index contributed by atoms with van der Waals surface area (Å²) in [6.45, 7) is 1.30. The minimum absolute atomic E-state index is 0.156. The van der Waals surface area contributed by atoms with Crippen LogP contribution in [0.5, 0.6) is 5.75 Å². The van der Waals surface area contributed by atoms with E-state index in [0.717, 1.165) is 0 Å². The number of ether oxygens (including phenoxy) is 1. The highest BCUT2D eigenvalue weighted by molar-refractivity contribution is 6.39. The maximum Gasteiger partial charge on any atom is 0.378 e. The summed E-state index contributed by atoms with van der Waals surface area (Å²) < 4.78 is 5.47. The van der Waals surface area contributed by atoms with Gasteiger partial charge in [-0.2, -0.15) is 0 Å². The Kier molecular flexibility index (Phi) is 4.71. The first kappa shape index (κ1) is 16.6. The number of rotatable bonds is 6. The number of Topliss-reactive ketones (excluding diaryl/α,β-unsaturated/α-hetero) is 1. The maximum absolute atomic E-state index is 11.6. The molecule has 0 aliphatic rings. The highest BCUT2D eigenvalue weighted by Crippen LogP contribution is 2.23. The Balaban J connectivity index is 2.35. The lowest BCUT2D eigenvalue weighted by atomic mass is 10.1. The van der Waals surface area contributed by atoms with Crippen LogP contribution in [0.4, 0.5) is 0 Å². The molecule has 1 aromatic carbocycles. The van der Waals surface area contributed by atoms with Crippen molar-refractivity contribution in [3.63, 3.8) is 0 Å². The number of carboxylic acid groups (broad SMARTS) is 2. The molecule has 8 heteroatoms. The van der Waals surface area contributed by atoms with Gasteiger partial charge in [0, 0.05) is 10.6 Å². The average molecular weight is 338 g/mol. The van der Waals surface area contributed by atoms with Crippen LogP contribution in [0.3, 0.4) is 0 Å². The van der Waals surface area contributed by atoms with Crippen LogP contribution in [0, 0.1) is 6.92 Å². The predicted octanol–water partition coefficient (Wildman–Crippen LogP) is 2.52. The lowest BCUT2D eigenvalue weighted by molar-refractivity contribution is -0.131. The number of nitrogens with one attached hydrogen (secondary N) is 1. The molecule has 7 nitrogen and oxygen atoms in total. The van der Waals surface area contributed by atoms with Crippen molar-refractivity contribution in [2.75, 3.05) is 0 Å². The molecule has 0 fully saturated rings. The van der Waals surface area contributed by atoms with Crippen LogP contribution in [0.2, 0.25) is 5.02 Å². The third-order valence-electron chi connectivity index (χ3n) is 3.19. The highest BCUT2D eigenvalue weighted by Gasteiger charge is 2.26. The van der Waals surface area contributed by atoms with Crippen LogP contribution in [0.15, 0.2) is 24.3 Å². The largest absolute Gasteiger partial charge is 0.489 e. The standard InChI is InChI=1S/C15H12ClNO6/c1-7-10(6-23-9-4-2-3-8(16)5-9)12(14(19)20)17-11(7)13(18)15(21)22/h2-5,17H,6H2,1H3,(H,19,20)(H,21,22). The average Bonchev–Trinajstić information content (AvgIpc) is 2.81. The van der Waals surface area contributed by atoms with Crippen molar-refractivity contribution < 1.29 is 29.3 Å². The van der Waals surface area contributed by atoms with Crippen LogP contribution in [-0.4, -0.2) is 32.9 Å². The van der Waals surface area contributed by atoms with Crippen LogP contribution in [-0.2, 0) is 11.4 Å². The van der Waals surface area contributed by atoms with E-state index in [1.54, 1.807) is 24.3 Å². The van der Waals surface area contributed by atoms with E-state index in [9.17, 15) is 19.5 Å². The Hall–Kier alpha value is -2.80. The molecule has 0 aliphatic heterocycles. The summed E-state index contributed by atoms with van der Waals surface area (Å²) in [7, 11) is 0. The minimum atomic E-state index is -1.67. The second-order valence-corrected chi connectivity index (χ2v) is 5.10. The number of hydrogen-bond donors (Lipinski definition) is 3. The first-order valence-corrected chi connectivity index (χ1v) is 6.79. The molecule has 1 heterocycles. The van der Waals surface area contributed by atoms with Crippen LogP contribution >= 0.6 is 11.6 Å². The van der Waals surface area contributed by atoms with E-state index >= 15 is 0 Å². The smallest absolute Gasteiger partial charge is 0.378 e. The number of aromatic carboxylic acids is 1. The molecule has 0 bridgehead atoms. The molecule has 120 valence electrons. The van der Waals surface area contributed by atoms with Crippen LogP contribution < -0.4 is 4.74 Å². The Morgan fingerprint density at radius 1 is 1.22 bits per heavy atom. The van der Waals surface area contributed by atoms with Crippen molar-refractivity contribution in [1.29, 1.82) is 0 Å². The van der Waals surface area contributed by atoms with E-state index in [1.807, 2.05) is 0 Å². The first-order chi connectivity index (χ1) is 10.8. The number of H-pyrrole nitrogens is 1. The molecular formula is C15H12ClNO6. The number of aliphatic carboxylic acids is 1. The van der Waals surface area contributed by atoms with Gasteiger partial charge >= 0.3 is 11.9 Å². The van der Waals surface area contributed by atoms with Crippen molar-refractivity contribution >= 4 is 29.3 Å². The molecule has 2 rings (SSSR count). The second-order valence-electron chi connectivity index (χ2n) is 4.66. The number of carbonyl (C=O) groups excluding carboxylic acids is 1. The van der Waals surface area contributed by atoms with Gasteiger partial charge in [0.15, 0.2) is 0 Å². The summed E-state index contributed by atoms with van der Waals surface area (Å²) in [5.74, 6) is -3.78. The van der Waals surface area contributed by atoms with Crippen LogP contribution in [0.1, 0.15) is 32.1 Å². The van der Waals surface area contributed by atoms with Crippen molar-refractivity contribution in [2.24, 2.45) is 0 Å². The Labute approximate surface area is 135 Å². The predicted molar refractivity (Wildman–Crippen MR) is 80.2 cm³/mol. The third kappa shape index (κ3) is 3.51. The van der Waals surface area contributed by atoms with Gasteiger partial charge in [-0.1, -0.05) is 17.7 Å². The van der Waals surface area contributed by atoms with Gasteiger partial charge < -0.3 is 19.9 Å². The van der Waals surface area contributed by atoms with E-state index < -0.39 is 17.7 Å². The SMILES string of the molecule is Cc1c(C(=O)C(=O)O)[nH]c(C(=O)O)c1COc1cccc(Cl)c1. The third-order valence-corrected chi connectivity index (χ3v) is 3.43. The lowest BCUT2D eigenvalue weighted by Crippen LogP contribution is -2.14. The van der Waals surface area contributed by atoms with Gasteiger partial charge in [0.1, 0.15) is 18.1 Å². The molecule has 1 aromatic heterocycles. The monoisotopic (exact) mass is 337 g/mol. The fraction of sp³-hybridized carbons (Fsp3) is 0.133. The zero-order valence-electron chi connectivity index (χ0n) is 11.9. The topological polar surface area (TPSA) is 117 Å². The lowest BCUT2D eigenvalue weighted by Gasteiger charge is -2.07. The van der Waals surface area contributed by atoms with Crippen LogP contribution in [0.25, 0.3) is 0 Å². The molecule has 3 N–H and O–H groups in total. The van der Waals surface area contributed by atoms with Crippen molar-refractivity contribution in [1.82, 2.24) is 4.98 Å². The van der Waals surface area contributed by atoms with Gasteiger partial charge in [-0.15, -0.1) is 0 Å². The quantitative estimate of drug-likeness (QED) is 0.551. The summed E-state index contributed by atoms with van der Waals surface area (Å²) in [6.07, 6.45) is 0. The Bertz CT molecular complexity index is 795. The molecule has 0 atom stereocenters. The minimum Gasteiger partial charge on any atom is -0.489 e. The zero-order valence-corrected chi connectivity index (χ0v) is 12.7. The summed E-state index contributed by atoms with van der Waals surface area (Å²) in [5, 5.41) is 18.4. The van der Waals surface area contributed by atoms with Crippen molar-refractivity contribution in [3.05, 3.63) is 51.8 Å². The summed E-state index contributed by atoms with van der Waals surface area (Å²) in [5.41, 5.74) is -0.146. The molecule has 0 amide bonds. The van der Waals surface area contributed by atoms with Gasteiger partial charge in [-0.3, -0.25) is 4.79 Å². The van der Waals surface area contributed by atoms with Gasteiger partial charge in [-0.05, 0) is 30.7 Å². The van der Waals surface area contributed by atoms with E-state index in [-0.39, 0.29) is 29.1 Å². The maximum atomic E-state index is 11.6. The number of aromatic nitrogens is 1. The van der Waals surface area contributed by atoms with E-state index in [0.29, 0.717) is 10.8 Å². The zero-order chi connectivity index (χ0) is 17.1. The van der Waals surface area contributed by atoms with Gasteiger partial charge in [0.25, 0.3) is 5.78 Å². The number of carbonyl (C=O) groups is 3. The molecule has 0 saturated heterocycles. The highest BCUT2D eigenvalue weighted by atomic mass is 35.5. The second kappa shape index (κ2) is 6.53. The summed E-state index contributed by atoms with van der Waals surface area (Å²) in [6, 6.07) is 6.51. The number of benzene rings is 1. The van der Waals surface area contributed by atoms with E-state index in [1.165, 1.54) is 6.92 Å². The Morgan fingerprint density at radius 2 is 1.91 bits per heavy atom. The summed E-state index contributed by atoms with van der Waals surface area (Å²) >= 11 is 5.83. The first-order valence-electron chi connectivity index (χ1n) is 6.42. The van der Waals surface area contributed by atoms with Crippen molar-refractivity contribution in [3.8, 4) is 5.75 Å². The number of aromatic amines is 1. The van der Waals surface area contributed by atoms with E-state index in [4.69, 9.17) is 21.4 Å². The number of hydrogen-bond acceptors (Lipinski definition) is 4. The van der Waals surface area contributed by atoms with Gasteiger partial charge in [0.05, 0.1) is 5.69 Å². The van der Waals surface area contributed by atoms with E-state index in [2.05, 4.69) is 4.98 Å². The Morgan fingerprint density at radius 3 is 2.48 bits per heavy atom. The molecule has 0 unspecified atom stereocenters. The normalized spacial score (nSPS) is 10.3. The fourth-order valence-corrected chi connectivity index (χ4v) is 2.22. The summed E-state index contributed by atoms with van der Waals surface area (Å²) in [4.78, 5) is 36.0. The molecule has 0 saturated carbocycles. The number of halogens is 1. The number of ketones is 1. The van der Waals surface area contributed by atoms with Gasteiger partial charge in [-0.25, -0.2) is 9.59 Å². The van der Waals surface area contributed by atoms with Crippen molar-refractivity contribution in [2.45, 2.75) is 13.5 Å². The fourth-order valence-electron chi connectivity index (χ4n) is 2.04. The molecule has 2 aromatic rings. The molecule has 0 aliphatic carbocycles. The molecule has 0 spiro atoms. The number of carboxylic acids is 2. The molecule has 0 radical (unpaired) electrons.